The molecule has 100 valence electrons. The van der Waals surface area contributed by atoms with Gasteiger partial charge in [0.05, 0.1) is 6.10 Å². The van der Waals surface area contributed by atoms with Gasteiger partial charge in [-0.05, 0) is 31.5 Å². The first-order valence-electron chi connectivity index (χ1n) is 6.48. The number of aliphatic hydroxyl groups is 1. The summed E-state index contributed by atoms with van der Waals surface area (Å²) in [6.45, 7) is 4.12. The number of benzene rings is 1. The molecular formula is C14H21FN2O. The van der Waals surface area contributed by atoms with Crippen molar-refractivity contribution in [1.82, 2.24) is 5.32 Å². The van der Waals surface area contributed by atoms with E-state index in [1.54, 1.807) is 6.07 Å². The second kappa shape index (κ2) is 5.67. The molecule has 0 radical (unpaired) electrons. The van der Waals surface area contributed by atoms with Crippen LogP contribution in [0.4, 0.5) is 10.1 Å². The van der Waals surface area contributed by atoms with E-state index in [0.717, 1.165) is 25.2 Å². The van der Waals surface area contributed by atoms with E-state index in [-0.39, 0.29) is 17.8 Å². The molecule has 2 N–H and O–H groups in total. The first-order chi connectivity index (χ1) is 8.63. The largest absolute Gasteiger partial charge is 0.393 e. The van der Waals surface area contributed by atoms with Gasteiger partial charge in [0.15, 0.2) is 0 Å². The van der Waals surface area contributed by atoms with Gasteiger partial charge in [-0.3, -0.25) is 0 Å². The summed E-state index contributed by atoms with van der Waals surface area (Å²) in [7, 11) is 1.82. The number of hydrogen-bond donors (Lipinski definition) is 2. The van der Waals surface area contributed by atoms with E-state index in [1.165, 1.54) is 6.07 Å². The van der Waals surface area contributed by atoms with Gasteiger partial charge in [-0.15, -0.1) is 0 Å². The van der Waals surface area contributed by atoms with Crippen LogP contribution in [0.2, 0.25) is 0 Å². The van der Waals surface area contributed by atoms with Gasteiger partial charge in [0.25, 0.3) is 0 Å². The molecule has 0 aromatic heterocycles. The van der Waals surface area contributed by atoms with Crippen molar-refractivity contribution in [3.05, 3.63) is 29.6 Å². The molecule has 2 atom stereocenters. The molecule has 2 rings (SSSR count). The summed E-state index contributed by atoms with van der Waals surface area (Å²) in [5, 5.41) is 12.8. The van der Waals surface area contributed by atoms with Gasteiger partial charge in [0, 0.05) is 30.9 Å². The summed E-state index contributed by atoms with van der Waals surface area (Å²) >= 11 is 0. The molecule has 0 aliphatic carbocycles. The first-order valence-corrected chi connectivity index (χ1v) is 6.48. The number of nitrogens with zero attached hydrogens (tertiary/aromatic N) is 1. The minimum absolute atomic E-state index is 0.166. The summed E-state index contributed by atoms with van der Waals surface area (Å²) in [4.78, 5) is 2.17. The molecular weight excluding hydrogens is 231 g/mol. The number of hydrogen-bond acceptors (Lipinski definition) is 3. The standard InChI is InChI=1S/C14H21FN2O/c1-10-9-17(7-6-14(10)18)13-5-3-4-12(15)11(13)8-16-2/h3-5,10,14,16,18H,6-9H2,1-2H3. The van der Waals surface area contributed by atoms with Gasteiger partial charge >= 0.3 is 0 Å². The average molecular weight is 252 g/mol. The topological polar surface area (TPSA) is 35.5 Å². The van der Waals surface area contributed by atoms with Gasteiger partial charge in [-0.2, -0.15) is 0 Å². The molecule has 1 aromatic carbocycles. The molecule has 0 amide bonds. The molecule has 1 aliphatic rings. The lowest BCUT2D eigenvalue weighted by atomic mass is 9.95. The Morgan fingerprint density at radius 2 is 2.28 bits per heavy atom. The van der Waals surface area contributed by atoms with Crippen molar-refractivity contribution in [3.8, 4) is 0 Å². The maximum atomic E-state index is 13.8. The number of halogens is 1. The zero-order valence-electron chi connectivity index (χ0n) is 11.0. The minimum atomic E-state index is -0.234. The van der Waals surface area contributed by atoms with Gasteiger partial charge < -0.3 is 15.3 Å². The highest BCUT2D eigenvalue weighted by Crippen LogP contribution is 2.28. The van der Waals surface area contributed by atoms with Gasteiger partial charge in [-0.25, -0.2) is 4.39 Å². The van der Waals surface area contributed by atoms with Crippen LogP contribution in [0.15, 0.2) is 18.2 Å². The normalized spacial score (nSPS) is 24.3. The number of nitrogens with one attached hydrogen (secondary N) is 1. The molecule has 1 heterocycles. The zero-order valence-corrected chi connectivity index (χ0v) is 11.0. The van der Waals surface area contributed by atoms with Crippen molar-refractivity contribution in [2.75, 3.05) is 25.0 Å². The lowest BCUT2D eigenvalue weighted by Gasteiger charge is -2.37. The Morgan fingerprint density at radius 1 is 1.50 bits per heavy atom. The van der Waals surface area contributed by atoms with Crippen LogP contribution in [0.3, 0.4) is 0 Å². The molecule has 0 spiro atoms. The molecule has 18 heavy (non-hydrogen) atoms. The number of anilines is 1. The Balaban J connectivity index is 2.25. The van der Waals surface area contributed by atoms with Crippen molar-refractivity contribution in [1.29, 1.82) is 0 Å². The molecule has 1 fully saturated rings. The Bertz CT molecular complexity index is 411. The maximum absolute atomic E-state index is 13.8. The highest BCUT2D eigenvalue weighted by molar-refractivity contribution is 5.54. The van der Waals surface area contributed by atoms with Crippen LogP contribution in [0.1, 0.15) is 18.9 Å². The van der Waals surface area contributed by atoms with Crippen LogP contribution < -0.4 is 10.2 Å². The quantitative estimate of drug-likeness (QED) is 0.860. The average Bonchev–Trinajstić information content (AvgIpc) is 2.35. The third-order valence-corrected chi connectivity index (χ3v) is 3.65. The molecule has 4 heteroatoms. The number of piperidine rings is 1. The van der Waals surface area contributed by atoms with Crippen molar-refractivity contribution in [2.24, 2.45) is 5.92 Å². The third kappa shape index (κ3) is 2.65. The fourth-order valence-corrected chi connectivity index (χ4v) is 2.55. The zero-order chi connectivity index (χ0) is 13.1. The summed E-state index contributed by atoms with van der Waals surface area (Å²) in [6, 6.07) is 5.21. The van der Waals surface area contributed by atoms with Crippen molar-refractivity contribution >= 4 is 5.69 Å². The molecule has 2 unspecified atom stereocenters. The Hall–Kier alpha value is -1.13. The predicted molar refractivity (Wildman–Crippen MR) is 71.2 cm³/mol. The lowest BCUT2D eigenvalue weighted by molar-refractivity contribution is 0.0970. The first kappa shape index (κ1) is 13.3. The van der Waals surface area contributed by atoms with Crippen LogP contribution in [0.25, 0.3) is 0 Å². The SMILES string of the molecule is CNCc1c(F)cccc1N1CCC(O)C(C)C1. The summed E-state index contributed by atoms with van der Waals surface area (Å²) in [5.41, 5.74) is 1.66. The van der Waals surface area contributed by atoms with E-state index >= 15 is 0 Å². The van der Waals surface area contributed by atoms with Crippen LogP contribution in [0.5, 0.6) is 0 Å². The van der Waals surface area contributed by atoms with Crippen LogP contribution in [0, 0.1) is 11.7 Å². The molecule has 1 aromatic rings. The summed E-state index contributed by atoms with van der Waals surface area (Å²) in [6.07, 6.45) is 0.513. The fraction of sp³-hybridized carbons (Fsp3) is 0.571. The number of aliphatic hydroxyl groups excluding tert-OH is 1. The van der Waals surface area contributed by atoms with Gasteiger partial charge in [0.2, 0.25) is 0 Å². The van der Waals surface area contributed by atoms with Crippen molar-refractivity contribution in [3.63, 3.8) is 0 Å². The van der Waals surface area contributed by atoms with E-state index in [9.17, 15) is 9.50 Å². The van der Waals surface area contributed by atoms with Crippen molar-refractivity contribution < 1.29 is 9.50 Å². The smallest absolute Gasteiger partial charge is 0.129 e. The minimum Gasteiger partial charge on any atom is -0.393 e. The summed E-state index contributed by atoms with van der Waals surface area (Å²) < 4.78 is 13.8. The van der Waals surface area contributed by atoms with E-state index in [1.807, 2.05) is 20.0 Å². The summed E-state index contributed by atoms with van der Waals surface area (Å²) in [5.74, 6) is 0.0603. The highest BCUT2D eigenvalue weighted by atomic mass is 19.1. The van der Waals surface area contributed by atoms with Gasteiger partial charge in [0.1, 0.15) is 5.82 Å². The van der Waals surface area contributed by atoms with E-state index in [2.05, 4.69) is 10.2 Å². The second-order valence-electron chi connectivity index (χ2n) is 5.05. The van der Waals surface area contributed by atoms with E-state index < -0.39 is 0 Å². The Morgan fingerprint density at radius 3 is 2.94 bits per heavy atom. The Kier molecular flexibility index (Phi) is 4.19. The van der Waals surface area contributed by atoms with E-state index in [4.69, 9.17) is 0 Å². The van der Waals surface area contributed by atoms with Crippen LogP contribution in [-0.2, 0) is 6.54 Å². The lowest BCUT2D eigenvalue weighted by Crippen LogP contribution is -2.42. The second-order valence-corrected chi connectivity index (χ2v) is 5.05. The highest BCUT2D eigenvalue weighted by Gasteiger charge is 2.25. The fourth-order valence-electron chi connectivity index (χ4n) is 2.55. The molecule has 0 bridgehead atoms. The molecule has 0 saturated carbocycles. The molecule has 1 saturated heterocycles. The van der Waals surface area contributed by atoms with Crippen molar-refractivity contribution in [2.45, 2.75) is 26.0 Å². The monoisotopic (exact) mass is 252 g/mol. The Labute approximate surface area is 108 Å². The van der Waals surface area contributed by atoms with Crippen LogP contribution in [-0.4, -0.2) is 31.3 Å². The van der Waals surface area contributed by atoms with Crippen LogP contribution >= 0.6 is 0 Å². The maximum Gasteiger partial charge on any atom is 0.129 e. The number of rotatable bonds is 3. The van der Waals surface area contributed by atoms with E-state index in [0.29, 0.717) is 12.1 Å². The van der Waals surface area contributed by atoms with Gasteiger partial charge in [-0.1, -0.05) is 13.0 Å². The third-order valence-electron chi connectivity index (χ3n) is 3.65. The predicted octanol–water partition coefficient (Wildman–Crippen LogP) is 1.75. The molecule has 3 nitrogen and oxygen atoms in total. The molecule has 1 aliphatic heterocycles.